The molecule has 0 bridgehead atoms. The maximum atomic E-state index is 10.2. The molecule has 1 N–H and O–H groups in total. The number of aliphatic hydroxyl groups is 1. The van der Waals surface area contributed by atoms with Gasteiger partial charge in [-0.05, 0) is 49.8 Å². The lowest BCUT2D eigenvalue weighted by atomic mass is 9.86. The maximum Gasteiger partial charge on any atom is 0.0802 e. The highest BCUT2D eigenvalue weighted by atomic mass is 16.3. The Balaban J connectivity index is 1.72. The van der Waals surface area contributed by atoms with Gasteiger partial charge in [-0.2, -0.15) is 0 Å². The van der Waals surface area contributed by atoms with Crippen molar-refractivity contribution in [2.75, 3.05) is 19.6 Å². The van der Waals surface area contributed by atoms with E-state index in [1.165, 1.54) is 25.9 Å². The second kappa shape index (κ2) is 7.06. The van der Waals surface area contributed by atoms with E-state index in [0.717, 1.165) is 30.4 Å². The molecule has 1 aromatic rings. The molecule has 0 amide bonds. The fourth-order valence-electron chi connectivity index (χ4n) is 2.99. The summed E-state index contributed by atoms with van der Waals surface area (Å²) in [6.07, 6.45) is 3.16. The Kier molecular flexibility index (Phi) is 5.41. The van der Waals surface area contributed by atoms with Crippen LogP contribution in [0.1, 0.15) is 44.8 Å². The summed E-state index contributed by atoms with van der Waals surface area (Å²) in [5.41, 5.74) is 1.04. The number of rotatable bonds is 5. The molecule has 19 heavy (non-hydrogen) atoms. The van der Waals surface area contributed by atoms with E-state index in [-0.39, 0.29) is 6.10 Å². The smallest absolute Gasteiger partial charge is 0.0802 e. The average Bonchev–Trinajstić information content (AvgIpc) is 2.46. The molecule has 0 aliphatic carbocycles. The van der Waals surface area contributed by atoms with Crippen LogP contribution in [0.25, 0.3) is 0 Å². The first-order chi connectivity index (χ1) is 9.16. The van der Waals surface area contributed by atoms with Crippen LogP contribution in [0.3, 0.4) is 0 Å². The first kappa shape index (κ1) is 14.5. The largest absolute Gasteiger partial charge is 0.388 e. The zero-order chi connectivity index (χ0) is 13.7. The molecular weight excluding hydrogens is 234 g/mol. The Bertz CT molecular complexity index is 355. The van der Waals surface area contributed by atoms with Crippen LogP contribution >= 0.6 is 0 Å². The lowest BCUT2D eigenvalue weighted by molar-refractivity contribution is 0.114. The SMILES string of the molecule is CC(C)C1CCN(CCC(O)c2ccccc2)CC1. The zero-order valence-corrected chi connectivity index (χ0v) is 12.3. The Morgan fingerprint density at radius 2 is 1.79 bits per heavy atom. The molecule has 1 aliphatic rings. The van der Waals surface area contributed by atoms with Gasteiger partial charge in [-0.15, -0.1) is 0 Å². The lowest BCUT2D eigenvalue weighted by Gasteiger charge is -2.34. The first-order valence-electron chi connectivity index (χ1n) is 7.62. The molecular formula is C17H27NO. The summed E-state index contributed by atoms with van der Waals surface area (Å²) in [5, 5.41) is 10.2. The van der Waals surface area contributed by atoms with Gasteiger partial charge in [-0.25, -0.2) is 0 Å². The highest BCUT2D eigenvalue weighted by Gasteiger charge is 2.21. The third-order valence-electron chi connectivity index (χ3n) is 4.48. The number of hydrogen-bond acceptors (Lipinski definition) is 2. The third-order valence-corrected chi connectivity index (χ3v) is 4.48. The summed E-state index contributed by atoms with van der Waals surface area (Å²) in [6, 6.07) is 10.00. The molecule has 1 unspecified atom stereocenters. The fourth-order valence-corrected chi connectivity index (χ4v) is 2.99. The van der Waals surface area contributed by atoms with Crippen molar-refractivity contribution in [1.82, 2.24) is 4.90 Å². The van der Waals surface area contributed by atoms with E-state index < -0.39 is 0 Å². The van der Waals surface area contributed by atoms with Crippen LogP contribution in [0.2, 0.25) is 0 Å². The summed E-state index contributed by atoms with van der Waals surface area (Å²) in [7, 11) is 0. The fraction of sp³-hybridized carbons (Fsp3) is 0.647. The number of hydrogen-bond donors (Lipinski definition) is 1. The second-order valence-corrected chi connectivity index (χ2v) is 6.14. The molecule has 1 atom stereocenters. The monoisotopic (exact) mass is 261 g/mol. The summed E-state index contributed by atoms with van der Waals surface area (Å²) < 4.78 is 0. The molecule has 0 saturated carbocycles. The minimum atomic E-state index is -0.316. The van der Waals surface area contributed by atoms with Crippen molar-refractivity contribution in [2.24, 2.45) is 11.8 Å². The zero-order valence-electron chi connectivity index (χ0n) is 12.3. The first-order valence-corrected chi connectivity index (χ1v) is 7.62. The van der Waals surface area contributed by atoms with Gasteiger partial charge in [0, 0.05) is 6.54 Å². The van der Waals surface area contributed by atoms with Gasteiger partial charge in [0.25, 0.3) is 0 Å². The normalized spacial score (nSPS) is 19.8. The number of likely N-dealkylation sites (tertiary alicyclic amines) is 1. The van der Waals surface area contributed by atoms with Gasteiger partial charge >= 0.3 is 0 Å². The molecule has 2 rings (SSSR count). The number of benzene rings is 1. The van der Waals surface area contributed by atoms with E-state index in [0.29, 0.717) is 0 Å². The van der Waals surface area contributed by atoms with E-state index in [4.69, 9.17) is 0 Å². The van der Waals surface area contributed by atoms with E-state index in [1.807, 2.05) is 30.3 Å². The number of aliphatic hydroxyl groups excluding tert-OH is 1. The molecule has 1 aliphatic heterocycles. The molecule has 106 valence electrons. The van der Waals surface area contributed by atoms with Crippen molar-refractivity contribution in [3.8, 4) is 0 Å². The van der Waals surface area contributed by atoms with Gasteiger partial charge in [0.2, 0.25) is 0 Å². The predicted octanol–water partition coefficient (Wildman–Crippen LogP) is 3.48. The highest BCUT2D eigenvalue weighted by molar-refractivity contribution is 5.17. The number of piperidine rings is 1. The van der Waals surface area contributed by atoms with Crippen LogP contribution in [0.5, 0.6) is 0 Å². The molecule has 2 nitrogen and oxygen atoms in total. The molecule has 1 heterocycles. The maximum absolute atomic E-state index is 10.2. The van der Waals surface area contributed by atoms with E-state index >= 15 is 0 Å². The van der Waals surface area contributed by atoms with Gasteiger partial charge in [0.15, 0.2) is 0 Å². The minimum Gasteiger partial charge on any atom is -0.388 e. The Labute approximate surface area is 117 Å². The highest BCUT2D eigenvalue weighted by Crippen LogP contribution is 2.25. The summed E-state index contributed by atoms with van der Waals surface area (Å²) in [6.45, 7) is 8.08. The standard InChI is InChI=1S/C17H27NO/c1-14(2)15-8-11-18(12-9-15)13-10-17(19)16-6-4-3-5-7-16/h3-7,14-15,17,19H,8-13H2,1-2H3. The number of nitrogens with zero attached hydrogens (tertiary/aromatic N) is 1. The average molecular weight is 261 g/mol. The molecule has 1 saturated heterocycles. The molecule has 0 spiro atoms. The van der Waals surface area contributed by atoms with E-state index in [1.54, 1.807) is 0 Å². The van der Waals surface area contributed by atoms with Crippen molar-refractivity contribution < 1.29 is 5.11 Å². The molecule has 2 heteroatoms. The van der Waals surface area contributed by atoms with Crippen LogP contribution in [-0.2, 0) is 0 Å². The van der Waals surface area contributed by atoms with Gasteiger partial charge in [0.05, 0.1) is 6.10 Å². The molecule has 1 aromatic carbocycles. The van der Waals surface area contributed by atoms with Crippen LogP contribution in [0.4, 0.5) is 0 Å². The van der Waals surface area contributed by atoms with E-state index in [9.17, 15) is 5.11 Å². The Morgan fingerprint density at radius 1 is 1.16 bits per heavy atom. The van der Waals surface area contributed by atoms with Gasteiger partial charge < -0.3 is 10.0 Å². The van der Waals surface area contributed by atoms with Gasteiger partial charge in [0.1, 0.15) is 0 Å². The van der Waals surface area contributed by atoms with Crippen LogP contribution in [-0.4, -0.2) is 29.6 Å². The molecule has 0 radical (unpaired) electrons. The van der Waals surface area contributed by atoms with Gasteiger partial charge in [-0.1, -0.05) is 44.2 Å². The predicted molar refractivity (Wildman–Crippen MR) is 80.0 cm³/mol. The summed E-state index contributed by atoms with van der Waals surface area (Å²) >= 11 is 0. The van der Waals surface area contributed by atoms with Crippen molar-refractivity contribution >= 4 is 0 Å². The van der Waals surface area contributed by atoms with Crippen molar-refractivity contribution in [1.29, 1.82) is 0 Å². The Morgan fingerprint density at radius 3 is 2.37 bits per heavy atom. The van der Waals surface area contributed by atoms with Gasteiger partial charge in [-0.3, -0.25) is 0 Å². The third kappa shape index (κ3) is 4.32. The van der Waals surface area contributed by atoms with Crippen LogP contribution in [0.15, 0.2) is 30.3 Å². The minimum absolute atomic E-state index is 0.316. The summed E-state index contributed by atoms with van der Waals surface area (Å²) in [5.74, 6) is 1.72. The topological polar surface area (TPSA) is 23.5 Å². The molecule has 0 aromatic heterocycles. The second-order valence-electron chi connectivity index (χ2n) is 6.14. The lowest BCUT2D eigenvalue weighted by Crippen LogP contribution is -2.36. The Hall–Kier alpha value is -0.860. The van der Waals surface area contributed by atoms with Crippen LogP contribution < -0.4 is 0 Å². The van der Waals surface area contributed by atoms with E-state index in [2.05, 4.69) is 18.7 Å². The van der Waals surface area contributed by atoms with Crippen molar-refractivity contribution in [3.05, 3.63) is 35.9 Å². The quantitative estimate of drug-likeness (QED) is 0.877. The van der Waals surface area contributed by atoms with Crippen LogP contribution in [0, 0.1) is 11.8 Å². The molecule has 1 fully saturated rings. The summed E-state index contributed by atoms with van der Waals surface area (Å²) in [4.78, 5) is 2.50. The van der Waals surface area contributed by atoms with Crippen molar-refractivity contribution in [2.45, 2.75) is 39.2 Å². The van der Waals surface area contributed by atoms with Crippen molar-refractivity contribution in [3.63, 3.8) is 0 Å².